The molecule has 0 bridgehead atoms. The van der Waals surface area contributed by atoms with Crippen LogP contribution in [0.5, 0.6) is 0 Å². The smallest absolute Gasteiger partial charge is 0.193 e. The molecule has 0 aromatic heterocycles. The van der Waals surface area contributed by atoms with Crippen LogP contribution >= 0.6 is 11.8 Å². The van der Waals surface area contributed by atoms with Gasteiger partial charge in [-0.2, -0.15) is 11.8 Å². The Morgan fingerprint density at radius 2 is 2.20 bits per heavy atom. The maximum absolute atomic E-state index is 5.59. The van der Waals surface area contributed by atoms with Gasteiger partial charge in [0.15, 0.2) is 5.96 Å². The van der Waals surface area contributed by atoms with Crippen molar-refractivity contribution < 1.29 is 4.74 Å². The molecule has 1 saturated heterocycles. The number of thioether (sulfide) groups is 1. The van der Waals surface area contributed by atoms with Gasteiger partial charge < -0.3 is 15.0 Å². The normalized spacial score (nSPS) is 19.5. The second-order valence-corrected chi connectivity index (χ2v) is 8.13. The van der Waals surface area contributed by atoms with Gasteiger partial charge in [0.1, 0.15) is 0 Å². The van der Waals surface area contributed by atoms with E-state index in [1.807, 2.05) is 18.8 Å². The molecule has 4 nitrogen and oxygen atoms in total. The Balaban J connectivity index is 2.23. The van der Waals surface area contributed by atoms with E-state index in [0.717, 1.165) is 45.2 Å². The largest absolute Gasteiger partial charge is 0.381 e. The van der Waals surface area contributed by atoms with Gasteiger partial charge in [0.2, 0.25) is 0 Å². The molecule has 0 unspecified atom stereocenters. The first kappa shape index (κ1) is 17.6. The van der Waals surface area contributed by atoms with Crippen LogP contribution < -0.4 is 5.32 Å². The van der Waals surface area contributed by atoms with Crippen molar-refractivity contribution in [3.63, 3.8) is 0 Å². The van der Waals surface area contributed by atoms with Crippen LogP contribution in [0.2, 0.25) is 0 Å². The number of nitrogens with one attached hydrogen (secondary N) is 1. The van der Waals surface area contributed by atoms with Crippen molar-refractivity contribution in [2.24, 2.45) is 10.9 Å². The van der Waals surface area contributed by atoms with Gasteiger partial charge in [-0.15, -0.1) is 0 Å². The number of nitrogens with zero attached hydrogens (tertiary/aromatic N) is 2. The number of guanidine groups is 1. The molecule has 5 heteroatoms. The summed E-state index contributed by atoms with van der Waals surface area (Å²) in [6.45, 7) is 13.7. The van der Waals surface area contributed by atoms with E-state index < -0.39 is 0 Å². The first-order valence-corrected chi connectivity index (χ1v) is 8.60. The first-order valence-electron chi connectivity index (χ1n) is 7.62. The number of ether oxygens (including phenoxy) is 1. The van der Waals surface area contributed by atoms with Gasteiger partial charge in [0.25, 0.3) is 0 Å². The zero-order valence-electron chi connectivity index (χ0n) is 13.7. The molecular weight excluding hydrogens is 270 g/mol. The van der Waals surface area contributed by atoms with Crippen molar-refractivity contribution in [3.8, 4) is 0 Å². The van der Waals surface area contributed by atoms with E-state index in [9.17, 15) is 0 Å². The molecule has 1 aliphatic rings. The third-order valence-corrected chi connectivity index (χ3v) is 4.43. The van der Waals surface area contributed by atoms with E-state index in [0.29, 0.717) is 10.7 Å². The van der Waals surface area contributed by atoms with Crippen molar-refractivity contribution in [3.05, 3.63) is 0 Å². The number of rotatable bonds is 6. The third kappa shape index (κ3) is 6.84. The molecule has 1 aliphatic heterocycles. The molecule has 0 aromatic carbocycles. The minimum Gasteiger partial charge on any atom is -0.381 e. The minimum atomic E-state index is 0.316. The molecular formula is C15H31N3OS. The highest BCUT2D eigenvalue weighted by Crippen LogP contribution is 2.29. The van der Waals surface area contributed by atoms with E-state index in [1.54, 1.807) is 0 Å². The Hall–Kier alpha value is -0.420. The van der Waals surface area contributed by atoms with E-state index in [2.05, 4.69) is 42.9 Å². The SMILES string of the molecule is CN=C(NCCCOCC(C)C)N1CCSC(C)(C)C1. The summed E-state index contributed by atoms with van der Waals surface area (Å²) in [6, 6.07) is 0. The average Bonchev–Trinajstić information content (AvgIpc) is 2.36. The lowest BCUT2D eigenvalue weighted by molar-refractivity contribution is 0.108. The molecule has 1 heterocycles. The zero-order valence-corrected chi connectivity index (χ0v) is 14.6. The Kier molecular flexibility index (Phi) is 7.74. The fourth-order valence-electron chi connectivity index (χ4n) is 2.22. The summed E-state index contributed by atoms with van der Waals surface area (Å²) in [5.74, 6) is 2.82. The summed E-state index contributed by atoms with van der Waals surface area (Å²) in [6.07, 6.45) is 1.03. The van der Waals surface area contributed by atoms with Crippen LogP contribution in [-0.2, 0) is 4.74 Å². The quantitative estimate of drug-likeness (QED) is 0.464. The molecule has 20 heavy (non-hydrogen) atoms. The van der Waals surface area contributed by atoms with Gasteiger partial charge in [-0.05, 0) is 26.2 Å². The Labute approximate surface area is 128 Å². The van der Waals surface area contributed by atoms with Gasteiger partial charge in [-0.1, -0.05) is 13.8 Å². The maximum Gasteiger partial charge on any atom is 0.193 e. The molecule has 0 radical (unpaired) electrons. The summed E-state index contributed by atoms with van der Waals surface area (Å²) in [5.41, 5.74) is 0. The van der Waals surface area contributed by atoms with Crippen LogP contribution in [-0.4, -0.2) is 61.3 Å². The van der Waals surface area contributed by atoms with E-state index in [-0.39, 0.29) is 0 Å². The highest BCUT2D eigenvalue weighted by Gasteiger charge is 2.28. The lowest BCUT2D eigenvalue weighted by Gasteiger charge is -2.39. The van der Waals surface area contributed by atoms with Gasteiger partial charge in [0, 0.05) is 50.4 Å². The van der Waals surface area contributed by atoms with Gasteiger partial charge >= 0.3 is 0 Å². The van der Waals surface area contributed by atoms with Crippen molar-refractivity contribution in [1.29, 1.82) is 0 Å². The molecule has 0 aromatic rings. The summed E-state index contributed by atoms with van der Waals surface area (Å²) in [7, 11) is 1.87. The minimum absolute atomic E-state index is 0.316. The first-order chi connectivity index (χ1) is 9.44. The Morgan fingerprint density at radius 3 is 2.80 bits per heavy atom. The van der Waals surface area contributed by atoms with E-state index in [4.69, 9.17) is 4.74 Å². The highest BCUT2D eigenvalue weighted by molar-refractivity contribution is 8.00. The number of hydrogen-bond acceptors (Lipinski definition) is 3. The molecule has 0 spiro atoms. The van der Waals surface area contributed by atoms with E-state index >= 15 is 0 Å². The topological polar surface area (TPSA) is 36.9 Å². The molecule has 1 N–H and O–H groups in total. The Bertz CT molecular complexity index is 305. The number of aliphatic imine (C=N–C) groups is 1. The molecule has 118 valence electrons. The number of hydrogen-bond donors (Lipinski definition) is 1. The summed E-state index contributed by atoms with van der Waals surface area (Å²) in [5, 5.41) is 3.45. The van der Waals surface area contributed by atoms with Crippen molar-refractivity contribution in [1.82, 2.24) is 10.2 Å². The van der Waals surface area contributed by atoms with Crippen LogP contribution in [0.3, 0.4) is 0 Å². The summed E-state index contributed by atoms with van der Waals surface area (Å²) < 4.78 is 5.91. The van der Waals surface area contributed by atoms with Gasteiger partial charge in [-0.25, -0.2) is 0 Å². The molecule has 0 aliphatic carbocycles. The second kappa shape index (κ2) is 8.78. The molecule has 1 fully saturated rings. The lowest BCUT2D eigenvalue weighted by atomic mass is 10.2. The summed E-state index contributed by atoms with van der Waals surface area (Å²) in [4.78, 5) is 6.77. The average molecular weight is 302 g/mol. The second-order valence-electron chi connectivity index (χ2n) is 6.33. The fourth-order valence-corrected chi connectivity index (χ4v) is 3.33. The predicted octanol–water partition coefficient (Wildman–Crippen LogP) is 2.45. The molecule has 0 saturated carbocycles. The maximum atomic E-state index is 5.59. The van der Waals surface area contributed by atoms with Crippen LogP contribution in [0.15, 0.2) is 4.99 Å². The van der Waals surface area contributed by atoms with Gasteiger partial charge in [-0.3, -0.25) is 4.99 Å². The van der Waals surface area contributed by atoms with Crippen LogP contribution in [0.4, 0.5) is 0 Å². The van der Waals surface area contributed by atoms with Crippen LogP contribution in [0.1, 0.15) is 34.1 Å². The lowest BCUT2D eigenvalue weighted by Crippen LogP contribution is -2.51. The highest BCUT2D eigenvalue weighted by atomic mass is 32.2. The Morgan fingerprint density at radius 1 is 1.45 bits per heavy atom. The molecule has 0 atom stereocenters. The summed E-state index contributed by atoms with van der Waals surface area (Å²) >= 11 is 2.05. The molecule has 0 amide bonds. The third-order valence-electron chi connectivity index (χ3n) is 3.14. The fraction of sp³-hybridized carbons (Fsp3) is 0.933. The monoisotopic (exact) mass is 301 g/mol. The van der Waals surface area contributed by atoms with E-state index in [1.165, 1.54) is 5.75 Å². The standard InChI is InChI=1S/C15H31N3OS/c1-13(2)11-19-9-6-7-17-14(16-5)18-8-10-20-15(3,4)12-18/h13H,6-12H2,1-5H3,(H,16,17). The van der Waals surface area contributed by atoms with Crippen molar-refractivity contribution in [2.75, 3.05) is 45.6 Å². The predicted molar refractivity (Wildman–Crippen MR) is 89.7 cm³/mol. The van der Waals surface area contributed by atoms with Gasteiger partial charge in [0.05, 0.1) is 0 Å². The van der Waals surface area contributed by atoms with Crippen molar-refractivity contribution >= 4 is 17.7 Å². The zero-order chi connectivity index (χ0) is 15.0. The van der Waals surface area contributed by atoms with Crippen molar-refractivity contribution in [2.45, 2.75) is 38.9 Å². The van der Waals surface area contributed by atoms with Crippen LogP contribution in [0.25, 0.3) is 0 Å². The molecule has 1 rings (SSSR count). The van der Waals surface area contributed by atoms with Crippen LogP contribution in [0, 0.1) is 5.92 Å².